The molecule has 2 nitrogen and oxygen atoms in total. The quantitative estimate of drug-likeness (QED) is 0.648. The third kappa shape index (κ3) is 2.31. The number of nitriles is 1. The van der Waals surface area contributed by atoms with Crippen molar-refractivity contribution in [1.82, 2.24) is 4.98 Å². The molecule has 0 saturated carbocycles. The number of halogens is 1. The predicted molar refractivity (Wildman–Crippen MR) is 79.5 cm³/mol. The summed E-state index contributed by atoms with van der Waals surface area (Å²) in [5.74, 6) is -0.346. The monoisotopic (exact) mass is 280 g/mol. The van der Waals surface area contributed by atoms with Gasteiger partial charge < -0.3 is 0 Å². The molecule has 0 aliphatic heterocycles. The molecule has 3 rings (SSSR count). The Kier molecular flexibility index (Phi) is 3.28. The van der Waals surface area contributed by atoms with Crippen LogP contribution in [0.4, 0.5) is 4.39 Å². The normalized spacial score (nSPS) is 11.5. The van der Waals surface area contributed by atoms with E-state index in [4.69, 9.17) is 0 Å². The van der Waals surface area contributed by atoms with Gasteiger partial charge in [0.05, 0.1) is 15.8 Å². The molecule has 0 radical (unpaired) electrons. The second kappa shape index (κ2) is 5.24. The van der Waals surface area contributed by atoms with Crippen molar-refractivity contribution in [1.29, 1.82) is 5.26 Å². The average Bonchev–Trinajstić information content (AvgIpc) is 2.90. The van der Waals surface area contributed by atoms with E-state index < -0.39 is 0 Å². The van der Waals surface area contributed by atoms with Gasteiger partial charge in [-0.3, -0.25) is 0 Å². The lowest BCUT2D eigenvalue weighted by molar-refractivity contribution is 0.625. The van der Waals surface area contributed by atoms with Gasteiger partial charge in [0, 0.05) is 5.56 Å². The van der Waals surface area contributed by atoms with Crippen LogP contribution in [0.1, 0.15) is 10.6 Å². The fourth-order valence-electron chi connectivity index (χ4n) is 1.88. The summed E-state index contributed by atoms with van der Waals surface area (Å²) in [5, 5.41) is 9.89. The molecular weight excluding hydrogens is 271 g/mol. The van der Waals surface area contributed by atoms with Crippen LogP contribution in [0.3, 0.4) is 0 Å². The van der Waals surface area contributed by atoms with E-state index in [2.05, 4.69) is 11.1 Å². The van der Waals surface area contributed by atoms with Crippen molar-refractivity contribution in [2.24, 2.45) is 0 Å². The predicted octanol–water partition coefficient (Wildman–Crippen LogP) is 4.50. The number of thiazole rings is 1. The molecule has 0 bridgehead atoms. The Hall–Kier alpha value is -2.51. The summed E-state index contributed by atoms with van der Waals surface area (Å²) in [5.41, 5.74) is 1.61. The number of nitrogens with zero attached hydrogens (tertiary/aromatic N) is 2. The molecule has 0 saturated heterocycles. The van der Waals surface area contributed by atoms with E-state index in [1.807, 2.05) is 24.3 Å². The summed E-state index contributed by atoms with van der Waals surface area (Å²) in [6, 6.07) is 16.1. The number of rotatable bonds is 2. The molecule has 2 aromatic carbocycles. The molecule has 0 N–H and O–H groups in total. The van der Waals surface area contributed by atoms with Gasteiger partial charge in [-0.2, -0.15) is 5.26 Å². The molecule has 0 aliphatic carbocycles. The maximum absolute atomic E-state index is 13.6. The van der Waals surface area contributed by atoms with Gasteiger partial charge in [-0.1, -0.05) is 30.3 Å². The highest BCUT2D eigenvalue weighted by Crippen LogP contribution is 2.28. The van der Waals surface area contributed by atoms with Gasteiger partial charge in [0.25, 0.3) is 0 Å². The molecule has 1 heterocycles. The van der Waals surface area contributed by atoms with Crippen LogP contribution in [0, 0.1) is 17.1 Å². The lowest BCUT2D eigenvalue weighted by Gasteiger charge is -1.96. The van der Waals surface area contributed by atoms with Crippen molar-refractivity contribution in [2.75, 3.05) is 0 Å². The minimum atomic E-state index is -0.346. The Morgan fingerprint density at radius 2 is 1.90 bits per heavy atom. The summed E-state index contributed by atoms with van der Waals surface area (Å²) < 4.78 is 14.6. The van der Waals surface area contributed by atoms with E-state index in [1.165, 1.54) is 23.5 Å². The number of hydrogen-bond acceptors (Lipinski definition) is 3. The van der Waals surface area contributed by atoms with E-state index in [9.17, 15) is 9.65 Å². The zero-order valence-electron chi connectivity index (χ0n) is 10.4. The second-order valence-corrected chi connectivity index (χ2v) is 5.21. The SMILES string of the molecule is N#C/C(=C\c1ccccc1F)c1nc2ccccc2s1. The largest absolute Gasteiger partial charge is 0.235 e. The summed E-state index contributed by atoms with van der Waals surface area (Å²) in [6.07, 6.45) is 1.53. The zero-order chi connectivity index (χ0) is 13.9. The van der Waals surface area contributed by atoms with Crippen molar-refractivity contribution in [3.63, 3.8) is 0 Å². The maximum atomic E-state index is 13.6. The van der Waals surface area contributed by atoms with E-state index in [-0.39, 0.29) is 5.82 Å². The minimum absolute atomic E-state index is 0.346. The first-order valence-electron chi connectivity index (χ1n) is 6.00. The molecule has 96 valence electrons. The van der Waals surface area contributed by atoms with Gasteiger partial charge in [0.15, 0.2) is 0 Å². The number of benzene rings is 2. The van der Waals surface area contributed by atoms with E-state index in [0.717, 1.165) is 10.2 Å². The standard InChI is InChI=1S/C16H9FN2S/c17-13-6-2-1-5-11(13)9-12(10-18)16-19-14-7-3-4-8-15(14)20-16/h1-9H/b12-9+. The first-order valence-corrected chi connectivity index (χ1v) is 6.82. The molecule has 0 spiro atoms. The molecule has 4 heteroatoms. The number of hydrogen-bond donors (Lipinski definition) is 0. The number of allylic oxidation sites excluding steroid dienone is 1. The number of aromatic nitrogens is 1. The van der Waals surface area contributed by atoms with Crippen LogP contribution in [0.15, 0.2) is 48.5 Å². The molecule has 0 unspecified atom stereocenters. The van der Waals surface area contributed by atoms with Gasteiger partial charge in [0.2, 0.25) is 0 Å². The van der Waals surface area contributed by atoms with Gasteiger partial charge in [-0.05, 0) is 24.3 Å². The highest BCUT2D eigenvalue weighted by molar-refractivity contribution is 7.19. The molecule has 0 atom stereocenters. The van der Waals surface area contributed by atoms with Crippen LogP contribution in [-0.2, 0) is 0 Å². The lowest BCUT2D eigenvalue weighted by atomic mass is 10.1. The second-order valence-electron chi connectivity index (χ2n) is 4.18. The maximum Gasteiger partial charge on any atom is 0.135 e. The minimum Gasteiger partial charge on any atom is -0.235 e. The van der Waals surface area contributed by atoms with Crippen LogP contribution in [-0.4, -0.2) is 4.98 Å². The van der Waals surface area contributed by atoms with Crippen LogP contribution in [0.25, 0.3) is 21.9 Å². The van der Waals surface area contributed by atoms with Gasteiger partial charge >= 0.3 is 0 Å². The van der Waals surface area contributed by atoms with Gasteiger partial charge in [-0.15, -0.1) is 11.3 Å². The summed E-state index contributed by atoms with van der Waals surface area (Å²) in [6.45, 7) is 0. The summed E-state index contributed by atoms with van der Waals surface area (Å²) in [4.78, 5) is 4.42. The Morgan fingerprint density at radius 3 is 2.65 bits per heavy atom. The topological polar surface area (TPSA) is 36.7 Å². The van der Waals surface area contributed by atoms with E-state index in [1.54, 1.807) is 18.2 Å². The third-order valence-electron chi connectivity index (χ3n) is 2.85. The Bertz CT molecular complexity index is 810. The number of fused-ring (bicyclic) bond motifs is 1. The first-order chi connectivity index (χ1) is 9.78. The van der Waals surface area contributed by atoms with E-state index >= 15 is 0 Å². The molecule has 3 aromatic rings. The van der Waals surface area contributed by atoms with Crippen LogP contribution >= 0.6 is 11.3 Å². The van der Waals surface area contributed by atoms with Crippen LogP contribution in [0.2, 0.25) is 0 Å². The van der Waals surface area contributed by atoms with Crippen molar-refractivity contribution in [2.45, 2.75) is 0 Å². The molecule has 20 heavy (non-hydrogen) atoms. The molecule has 0 fully saturated rings. The third-order valence-corrected chi connectivity index (χ3v) is 3.92. The van der Waals surface area contributed by atoms with Crippen molar-refractivity contribution in [3.05, 3.63) is 64.9 Å². The number of para-hydroxylation sites is 1. The van der Waals surface area contributed by atoms with Crippen molar-refractivity contribution >= 4 is 33.2 Å². The zero-order valence-corrected chi connectivity index (χ0v) is 11.2. The van der Waals surface area contributed by atoms with Crippen molar-refractivity contribution in [3.8, 4) is 6.07 Å². The van der Waals surface area contributed by atoms with E-state index in [0.29, 0.717) is 16.1 Å². The fourth-order valence-corrected chi connectivity index (χ4v) is 2.81. The molecule has 0 amide bonds. The highest BCUT2D eigenvalue weighted by Gasteiger charge is 2.09. The molecule has 1 aromatic heterocycles. The Morgan fingerprint density at radius 1 is 1.15 bits per heavy atom. The Balaban J connectivity index is 2.10. The van der Waals surface area contributed by atoms with Crippen LogP contribution in [0.5, 0.6) is 0 Å². The smallest absolute Gasteiger partial charge is 0.135 e. The Labute approximate surface area is 119 Å². The van der Waals surface area contributed by atoms with Gasteiger partial charge in [-0.25, -0.2) is 9.37 Å². The molecular formula is C16H9FN2S. The molecule has 0 aliphatic rings. The summed E-state index contributed by atoms with van der Waals surface area (Å²) in [7, 11) is 0. The summed E-state index contributed by atoms with van der Waals surface area (Å²) >= 11 is 1.43. The van der Waals surface area contributed by atoms with Gasteiger partial charge in [0.1, 0.15) is 16.9 Å². The first kappa shape index (κ1) is 12.5. The fraction of sp³-hybridized carbons (Fsp3) is 0. The average molecular weight is 280 g/mol. The van der Waals surface area contributed by atoms with Crippen LogP contribution < -0.4 is 0 Å². The van der Waals surface area contributed by atoms with Crippen molar-refractivity contribution < 1.29 is 4.39 Å². The lowest BCUT2D eigenvalue weighted by Crippen LogP contribution is -1.84. The highest BCUT2D eigenvalue weighted by atomic mass is 32.1.